The van der Waals surface area contributed by atoms with Crippen molar-refractivity contribution in [2.24, 2.45) is 17.3 Å². The van der Waals surface area contributed by atoms with E-state index in [2.05, 4.69) is 5.32 Å². The van der Waals surface area contributed by atoms with Crippen molar-refractivity contribution in [1.29, 1.82) is 0 Å². The molecule has 6 nitrogen and oxygen atoms in total. The van der Waals surface area contributed by atoms with Crippen LogP contribution in [0, 0.1) is 17.3 Å². The summed E-state index contributed by atoms with van der Waals surface area (Å²) in [4.78, 5) is 38.1. The van der Waals surface area contributed by atoms with Crippen molar-refractivity contribution in [1.82, 2.24) is 4.90 Å². The molecule has 2 aliphatic rings. The fourth-order valence-corrected chi connectivity index (χ4v) is 4.33. The smallest absolute Gasteiger partial charge is 0.306 e. The van der Waals surface area contributed by atoms with Crippen LogP contribution in [-0.2, 0) is 9.59 Å². The number of hydrogen-bond donors (Lipinski definition) is 2. The van der Waals surface area contributed by atoms with Gasteiger partial charge in [-0.05, 0) is 55.9 Å². The van der Waals surface area contributed by atoms with Crippen LogP contribution >= 0.6 is 0 Å². The third kappa shape index (κ3) is 4.37. The van der Waals surface area contributed by atoms with Crippen LogP contribution in [0.5, 0.6) is 0 Å². The third-order valence-electron chi connectivity index (χ3n) is 6.48. The molecule has 1 heterocycles. The second-order valence-corrected chi connectivity index (χ2v) is 8.64. The Bertz CT molecular complexity index is 727. The molecule has 6 heteroatoms. The van der Waals surface area contributed by atoms with Gasteiger partial charge in [-0.1, -0.05) is 26.7 Å². The number of benzene rings is 1. The first-order valence-electron chi connectivity index (χ1n) is 10.2. The average molecular weight is 386 g/mol. The highest BCUT2D eigenvalue weighted by atomic mass is 16.4. The van der Waals surface area contributed by atoms with E-state index in [-0.39, 0.29) is 17.7 Å². The molecule has 1 aliphatic heterocycles. The van der Waals surface area contributed by atoms with Crippen molar-refractivity contribution >= 4 is 23.5 Å². The molecule has 0 bridgehead atoms. The van der Waals surface area contributed by atoms with Crippen molar-refractivity contribution in [3.8, 4) is 0 Å². The molecule has 2 fully saturated rings. The Kier molecular flexibility index (Phi) is 6.06. The highest BCUT2D eigenvalue weighted by molar-refractivity contribution is 5.97. The Labute approximate surface area is 166 Å². The summed E-state index contributed by atoms with van der Waals surface area (Å²) in [7, 11) is 0. The predicted molar refractivity (Wildman–Crippen MR) is 107 cm³/mol. The summed E-state index contributed by atoms with van der Waals surface area (Å²) in [6.45, 7) is 4.95. The van der Waals surface area contributed by atoms with Crippen LogP contribution in [0.4, 0.5) is 5.69 Å². The van der Waals surface area contributed by atoms with E-state index in [1.807, 2.05) is 13.8 Å². The topological polar surface area (TPSA) is 86.7 Å². The molecule has 0 aromatic heterocycles. The Morgan fingerprint density at radius 3 is 2.11 bits per heavy atom. The lowest BCUT2D eigenvalue weighted by Gasteiger charge is -2.30. The predicted octanol–water partition coefficient (Wildman–Crippen LogP) is 3.78. The summed E-state index contributed by atoms with van der Waals surface area (Å²) in [5.74, 6) is -0.790. The van der Waals surface area contributed by atoms with E-state index >= 15 is 0 Å². The monoisotopic (exact) mass is 386 g/mol. The number of nitrogens with one attached hydrogen (secondary N) is 1. The number of hydrogen-bond acceptors (Lipinski definition) is 3. The van der Waals surface area contributed by atoms with Crippen molar-refractivity contribution in [2.45, 2.75) is 52.4 Å². The van der Waals surface area contributed by atoms with Gasteiger partial charge in [0.2, 0.25) is 5.91 Å². The van der Waals surface area contributed by atoms with Crippen molar-refractivity contribution < 1.29 is 19.5 Å². The molecule has 2 N–H and O–H groups in total. The average Bonchev–Trinajstić information content (AvgIpc) is 3.24. The lowest BCUT2D eigenvalue weighted by Crippen LogP contribution is -2.40. The Balaban J connectivity index is 1.58. The first kappa shape index (κ1) is 20.4. The number of carbonyl (C=O) groups is 3. The van der Waals surface area contributed by atoms with Gasteiger partial charge in [0, 0.05) is 29.8 Å². The van der Waals surface area contributed by atoms with E-state index in [9.17, 15) is 14.4 Å². The first-order valence-corrected chi connectivity index (χ1v) is 10.2. The molecular weight excluding hydrogens is 356 g/mol. The van der Waals surface area contributed by atoms with E-state index in [1.54, 1.807) is 29.2 Å². The van der Waals surface area contributed by atoms with Gasteiger partial charge in [-0.15, -0.1) is 0 Å². The van der Waals surface area contributed by atoms with Gasteiger partial charge in [0.25, 0.3) is 5.91 Å². The number of carboxylic acids is 1. The van der Waals surface area contributed by atoms with E-state index in [1.165, 1.54) is 12.8 Å². The molecular formula is C22H30N2O4. The molecule has 1 saturated heterocycles. The molecule has 2 amide bonds. The maximum Gasteiger partial charge on any atom is 0.306 e. The summed E-state index contributed by atoms with van der Waals surface area (Å²) in [6, 6.07) is 6.98. The molecule has 0 spiro atoms. The molecule has 3 rings (SSSR count). The second kappa shape index (κ2) is 8.33. The summed E-state index contributed by atoms with van der Waals surface area (Å²) < 4.78 is 0. The van der Waals surface area contributed by atoms with Crippen molar-refractivity contribution in [3.05, 3.63) is 29.8 Å². The lowest BCUT2D eigenvalue weighted by molar-refractivity contribution is -0.143. The van der Waals surface area contributed by atoms with E-state index < -0.39 is 11.4 Å². The molecule has 1 saturated carbocycles. The Morgan fingerprint density at radius 2 is 1.57 bits per heavy atom. The van der Waals surface area contributed by atoms with Crippen LogP contribution in [0.3, 0.4) is 0 Å². The van der Waals surface area contributed by atoms with Crippen LogP contribution in [0.25, 0.3) is 0 Å². The van der Waals surface area contributed by atoms with Crippen LogP contribution in [-0.4, -0.2) is 40.9 Å². The Hall–Kier alpha value is -2.37. The van der Waals surface area contributed by atoms with Crippen LogP contribution < -0.4 is 5.32 Å². The number of rotatable bonds is 5. The minimum Gasteiger partial charge on any atom is -0.481 e. The number of likely N-dealkylation sites (tertiary alicyclic amines) is 1. The molecule has 1 aromatic rings. The van der Waals surface area contributed by atoms with Gasteiger partial charge < -0.3 is 15.3 Å². The molecule has 0 unspecified atom stereocenters. The van der Waals surface area contributed by atoms with Gasteiger partial charge in [0.15, 0.2) is 0 Å². The van der Waals surface area contributed by atoms with Gasteiger partial charge in [0.1, 0.15) is 0 Å². The zero-order chi connectivity index (χ0) is 20.3. The largest absolute Gasteiger partial charge is 0.481 e. The van der Waals surface area contributed by atoms with Gasteiger partial charge in [-0.25, -0.2) is 0 Å². The minimum absolute atomic E-state index is 0.0224. The number of piperidine rings is 1. The number of nitrogens with zero attached hydrogens (tertiary/aromatic N) is 1. The van der Waals surface area contributed by atoms with Crippen LogP contribution in [0.15, 0.2) is 24.3 Å². The molecule has 152 valence electrons. The maximum absolute atomic E-state index is 12.7. The highest BCUT2D eigenvalue weighted by Crippen LogP contribution is 2.40. The maximum atomic E-state index is 12.7. The highest BCUT2D eigenvalue weighted by Gasteiger charge is 2.38. The summed E-state index contributed by atoms with van der Waals surface area (Å²) >= 11 is 0. The second-order valence-electron chi connectivity index (χ2n) is 8.64. The van der Waals surface area contributed by atoms with Gasteiger partial charge in [-0.3, -0.25) is 14.4 Å². The van der Waals surface area contributed by atoms with E-state index in [0.29, 0.717) is 43.1 Å². The lowest BCUT2D eigenvalue weighted by atomic mass is 9.77. The standard InChI is InChI=1S/C22H30N2O4/c1-22(2,17-5-3-4-6-17)21(28)23-18-9-7-15(8-10-18)19(25)24-13-11-16(12-14-24)20(26)27/h7-10,16-17H,3-6,11-14H2,1-2H3,(H,23,28)(H,26,27). The zero-order valence-corrected chi connectivity index (χ0v) is 16.7. The first-order chi connectivity index (χ1) is 13.3. The summed E-state index contributed by atoms with van der Waals surface area (Å²) in [5.41, 5.74) is 0.846. The number of anilines is 1. The fourth-order valence-electron chi connectivity index (χ4n) is 4.33. The quantitative estimate of drug-likeness (QED) is 0.806. The molecule has 0 radical (unpaired) electrons. The normalized spacial score (nSPS) is 18.9. The van der Waals surface area contributed by atoms with Gasteiger partial charge in [0.05, 0.1) is 5.92 Å². The SMILES string of the molecule is CC(C)(C(=O)Nc1ccc(C(=O)N2CCC(C(=O)O)CC2)cc1)C1CCCC1. The van der Waals surface area contributed by atoms with Crippen LogP contribution in [0.1, 0.15) is 62.7 Å². The van der Waals surface area contributed by atoms with Crippen LogP contribution in [0.2, 0.25) is 0 Å². The zero-order valence-electron chi connectivity index (χ0n) is 16.7. The number of amides is 2. The Morgan fingerprint density at radius 1 is 1.00 bits per heavy atom. The molecule has 1 aromatic carbocycles. The number of carboxylic acid groups (broad SMARTS) is 1. The third-order valence-corrected chi connectivity index (χ3v) is 6.48. The van der Waals surface area contributed by atoms with Crippen molar-refractivity contribution in [3.63, 3.8) is 0 Å². The number of carbonyl (C=O) groups excluding carboxylic acids is 2. The minimum atomic E-state index is -0.785. The molecule has 28 heavy (non-hydrogen) atoms. The summed E-state index contributed by atoms with van der Waals surface area (Å²) in [5, 5.41) is 12.1. The van der Waals surface area contributed by atoms with Crippen molar-refractivity contribution in [2.75, 3.05) is 18.4 Å². The van der Waals surface area contributed by atoms with E-state index in [4.69, 9.17) is 5.11 Å². The molecule has 0 atom stereocenters. The number of aliphatic carboxylic acids is 1. The fraction of sp³-hybridized carbons (Fsp3) is 0.591. The summed E-state index contributed by atoms with van der Waals surface area (Å²) in [6.07, 6.45) is 5.58. The van der Waals surface area contributed by atoms with E-state index in [0.717, 1.165) is 12.8 Å². The van der Waals surface area contributed by atoms with Gasteiger partial charge in [-0.2, -0.15) is 0 Å². The van der Waals surface area contributed by atoms with Gasteiger partial charge >= 0.3 is 5.97 Å². The molecule has 1 aliphatic carbocycles.